The number of benzene rings is 2. The molecule has 0 saturated heterocycles. The molecule has 0 spiro atoms. The first-order chi connectivity index (χ1) is 29.8. The molecule has 0 aliphatic heterocycles. The van der Waals surface area contributed by atoms with Gasteiger partial charge in [0, 0.05) is 6.54 Å². The molecule has 6 N–H and O–H groups in total. The largest absolute Gasteiger partial charge is 0.496 e. The molecule has 0 fully saturated rings. The number of guanidine groups is 1. The van der Waals surface area contributed by atoms with Gasteiger partial charge in [0.2, 0.25) is 21.6 Å². The van der Waals surface area contributed by atoms with Crippen molar-refractivity contribution in [2.75, 3.05) is 26.8 Å². The molecule has 2 rings (SSSR count). The van der Waals surface area contributed by atoms with Crippen LogP contribution in [0.5, 0.6) is 5.75 Å². The number of methoxy groups -OCH3 is 1. The van der Waals surface area contributed by atoms with Gasteiger partial charge >= 0.3 is 18.0 Å². The minimum atomic E-state index is -4.20. The summed E-state index contributed by atoms with van der Waals surface area (Å²) in [5.41, 5.74) is 7.15. The number of amides is 3. The zero-order valence-corrected chi connectivity index (χ0v) is 43.0. The average Bonchev–Trinajstić information content (AvgIpc) is 3.17. The Morgan fingerprint density at radius 3 is 2.06 bits per heavy atom. The number of esters is 2. The highest BCUT2D eigenvalue weighted by atomic mass is 35.6. The van der Waals surface area contributed by atoms with Crippen LogP contribution >= 0.6 is 34.8 Å². The van der Waals surface area contributed by atoms with E-state index in [4.69, 9.17) is 63.9 Å². The molecule has 0 radical (unpaired) electrons. The highest BCUT2D eigenvalue weighted by molar-refractivity contribution is 7.90. The molecule has 0 aliphatic carbocycles. The number of sulfonamides is 1. The average molecular weight is 1010 g/mol. The summed E-state index contributed by atoms with van der Waals surface area (Å²) < 4.78 is 55.0. The van der Waals surface area contributed by atoms with Gasteiger partial charge in [-0.3, -0.25) is 19.4 Å². The Kier molecular flexibility index (Phi) is 20.9. The van der Waals surface area contributed by atoms with Gasteiger partial charge in [-0.2, -0.15) is 0 Å². The lowest BCUT2D eigenvalue weighted by Crippen LogP contribution is -2.63. The molecule has 18 nitrogen and oxygen atoms in total. The summed E-state index contributed by atoms with van der Waals surface area (Å²) in [7, 11) is -5.70. The fraction of sp³-hybridized carbons (Fsp3) is 0.571. The number of hydrogen-bond donors (Lipinski definition) is 5. The quantitative estimate of drug-likeness (QED) is 0.0208. The van der Waals surface area contributed by atoms with Crippen LogP contribution < -0.4 is 31.1 Å². The van der Waals surface area contributed by atoms with Gasteiger partial charge in [-0.05, 0) is 101 Å². The molecule has 23 heteroatoms. The summed E-state index contributed by atoms with van der Waals surface area (Å²) in [6, 6.07) is 6.96. The Morgan fingerprint density at radius 2 is 1.51 bits per heavy atom. The lowest BCUT2D eigenvalue weighted by atomic mass is 10.1. The second-order valence-electron chi connectivity index (χ2n) is 17.6. The lowest BCUT2D eigenvalue weighted by molar-refractivity contribution is -0.158. The first-order valence-electron chi connectivity index (χ1n) is 20.4. The Bertz CT molecular complexity index is 2140. The maximum absolute atomic E-state index is 14.3. The molecular formula is C42H63Cl3N6O12SSi. The fourth-order valence-corrected chi connectivity index (χ4v) is 8.52. The highest BCUT2D eigenvalue weighted by Crippen LogP contribution is 2.38. The van der Waals surface area contributed by atoms with Crippen LogP contribution in [0.15, 0.2) is 46.3 Å². The van der Waals surface area contributed by atoms with Gasteiger partial charge in [0.15, 0.2) is 14.4 Å². The smallest absolute Gasteiger partial charge is 0.408 e. The number of rotatable bonds is 20. The van der Waals surface area contributed by atoms with Crippen LogP contribution in [-0.2, 0) is 54.4 Å². The number of alkyl carbamates (subject to hydrolysis) is 1. The number of nitrogens with zero attached hydrogens (tertiary/aromatic N) is 1. The first-order valence-corrected chi connectivity index (χ1v) is 26.0. The van der Waals surface area contributed by atoms with Crippen molar-refractivity contribution < 1.29 is 55.8 Å². The number of carbonyl (C=O) groups excluding carboxylic acids is 5. The van der Waals surface area contributed by atoms with Crippen LogP contribution in [0.4, 0.5) is 4.79 Å². The predicted octanol–water partition coefficient (Wildman–Crippen LogP) is 5.54. The van der Waals surface area contributed by atoms with Crippen LogP contribution in [0.1, 0.15) is 76.6 Å². The van der Waals surface area contributed by atoms with Crippen molar-refractivity contribution in [1.82, 2.24) is 20.7 Å². The number of nitrogens with one attached hydrogen (secondary N) is 4. The van der Waals surface area contributed by atoms with E-state index in [9.17, 15) is 32.4 Å². The summed E-state index contributed by atoms with van der Waals surface area (Å²) in [6.45, 7) is 17.3. The number of carbonyl (C=O) groups is 5. The standard InChI is InChI=1S/C42H63Cl3N6O12SSi/c1-25-21-30(59-10)26(2)27(3)34(25)64(57,58)51-38(46)47-20-16-19-29(49-39(56)62-40(4,5)6)35(53)50-32(36(54)48-22-31(52)61-24-42(43,44)45)33(63-65(11,12)41(7,8)9)37(55)60-23-28-17-14-13-15-18-28/h13-15,17-18,21,29,32-33H,16,19-20,22-24H2,1-12H3,(H,48,54)(H,49,56)(H,50,53)(H3,46,47,51)/t29-,32-,33-/m0/s1. The topological polar surface area (TPSA) is 252 Å². The molecule has 3 atom stereocenters. The normalized spacial score (nSPS) is 14.0. The molecular weight excluding hydrogens is 947 g/mol. The van der Waals surface area contributed by atoms with E-state index in [0.29, 0.717) is 28.0 Å². The third-order valence-corrected chi connectivity index (χ3v) is 16.4. The van der Waals surface area contributed by atoms with Crippen LogP contribution in [0.2, 0.25) is 18.1 Å². The van der Waals surface area contributed by atoms with Crippen molar-refractivity contribution in [3.63, 3.8) is 0 Å². The van der Waals surface area contributed by atoms with E-state index in [2.05, 4.69) is 25.7 Å². The molecule has 364 valence electrons. The van der Waals surface area contributed by atoms with Crippen molar-refractivity contribution in [3.8, 4) is 5.75 Å². The number of nitrogens with two attached hydrogens (primary N) is 1. The van der Waals surface area contributed by atoms with E-state index in [1.54, 1.807) is 77.9 Å². The van der Waals surface area contributed by atoms with Gasteiger partial charge in [0.1, 0.15) is 43.2 Å². The molecule has 0 aromatic heterocycles. The maximum Gasteiger partial charge on any atom is 0.408 e. The number of alkyl halides is 3. The Morgan fingerprint density at radius 1 is 0.892 bits per heavy atom. The third kappa shape index (κ3) is 18.8. The summed E-state index contributed by atoms with van der Waals surface area (Å²) >= 11 is 17.1. The van der Waals surface area contributed by atoms with Crippen LogP contribution in [0, 0.1) is 20.8 Å². The second kappa shape index (κ2) is 23.9. The molecule has 2 aromatic carbocycles. The molecule has 65 heavy (non-hydrogen) atoms. The van der Waals surface area contributed by atoms with Crippen molar-refractivity contribution in [3.05, 3.63) is 58.7 Å². The second-order valence-corrected chi connectivity index (χ2v) is 26.5. The molecule has 0 heterocycles. The minimum Gasteiger partial charge on any atom is -0.496 e. The Labute approximate surface area is 397 Å². The molecule has 3 amide bonds. The Hall–Kier alpha value is -4.34. The first kappa shape index (κ1) is 56.8. The van der Waals surface area contributed by atoms with Gasteiger partial charge in [-0.15, -0.1) is 0 Å². The van der Waals surface area contributed by atoms with Gasteiger partial charge in [-0.1, -0.05) is 85.9 Å². The maximum atomic E-state index is 14.3. The molecule has 0 bridgehead atoms. The van der Waals surface area contributed by atoms with E-state index in [1.807, 2.05) is 33.9 Å². The van der Waals surface area contributed by atoms with E-state index in [-0.39, 0.29) is 30.9 Å². The molecule has 0 aliphatic rings. The van der Waals surface area contributed by atoms with E-state index >= 15 is 0 Å². The predicted molar refractivity (Wildman–Crippen MR) is 251 cm³/mol. The summed E-state index contributed by atoms with van der Waals surface area (Å²) in [5, 5.41) is 6.85. The van der Waals surface area contributed by atoms with Crippen LogP contribution in [-0.4, -0.2) is 107 Å². The fourth-order valence-electron chi connectivity index (χ4n) is 5.65. The van der Waals surface area contributed by atoms with Gasteiger partial charge in [0.05, 0.1) is 12.0 Å². The van der Waals surface area contributed by atoms with E-state index in [0.717, 1.165) is 0 Å². The van der Waals surface area contributed by atoms with Crippen molar-refractivity contribution >= 4 is 88.9 Å². The van der Waals surface area contributed by atoms with Gasteiger partial charge < -0.3 is 45.1 Å². The monoisotopic (exact) mass is 1010 g/mol. The van der Waals surface area contributed by atoms with Gasteiger partial charge in [-0.25, -0.2) is 22.7 Å². The van der Waals surface area contributed by atoms with E-state index < -0.39 is 99.9 Å². The number of aliphatic imine (C=N–C) groups is 1. The SMILES string of the molecule is COc1cc(C)c(S(=O)(=O)NC(N)=NCCC[C@H](NC(=O)OC(C)(C)C)C(=O)N[C@H](C(=O)NCC(=O)OCC(Cl)(Cl)Cl)[C@H](O[Si](C)(C)C(C)(C)C)C(=O)OCc2ccccc2)c(C)c1C. The molecule has 2 aromatic rings. The third-order valence-electron chi connectivity index (χ3n) is 10.0. The number of hydrogen-bond acceptors (Lipinski definition) is 13. The summed E-state index contributed by atoms with van der Waals surface area (Å²) in [4.78, 5) is 72.4. The zero-order chi connectivity index (χ0) is 49.7. The summed E-state index contributed by atoms with van der Waals surface area (Å²) in [6.07, 6.45) is -2.94. The number of ether oxygens (including phenoxy) is 4. The van der Waals surface area contributed by atoms with E-state index in [1.165, 1.54) is 7.11 Å². The zero-order valence-electron chi connectivity index (χ0n) is 38.9. The van der Waals surface area contributed by atoms with Crippen molar-refractivity contribution in [2.45, 2.75) is 132 Å². The lowest BCUT2D eigenvalue weighted by Gasteiger charge is -2.40. The van der Waals surface area contributed by atoms with Gasteiger partial charge in [0.25, 0.3) is 10.0 Å². The number of aryl methyl sites for hydroxylation is 1. The molecule has 0 saturated carbocycles. The minimum absolute atomic E-state index is 0.00493. The number of halogens is 3. The van der Waals surface area contributed by atoms with Crippen LogP contribution in [0.3, 0.4) is 0 Å². The van der Waals surface area contributed by atoms with Crippen molar-refractivity contribution in [2.24, 2.45) is 10.7 Å². The van der Waals surface area contributed by atoms with Crippen molar-refractivity contribution in [1.29, 1.82) is 0 Å². The van der Waals surface area contributed by atoms with Crippen LogP contribution in [0.25, 0.3) is 0 Å². The summed E-state index contributed by atoms with van der Waals surface area (Å²) in [5.74, 6) is -4.00. The Balaban J connectivity index is 2.53. The molecule has 0 unspecified atom stereocenters. The highest BCUT2D eigenvalue weighted by Gasteiger charge is 2.47.